The van der Waals surface area contributed by atoms with E-state index in [2.05, 4.69) is 13.8 Å². The Balaban J connectivity index is 2.03. The van der Waals surface area contributed by atoms with Gasteiger partial charge in [-0.25, -0.2) is 13.2 Å². The maximum atomic E-state index is 15.1. The first kappa shape index (κ1) is 19.5. The lowest BCUT2D eigenvalue weighted by Crippen LogP contribution is -1.99. The van der Waals surface area contributed by atoms with Crippen LogP contribution in [0.2, 0.25) is 0 Å². The van der Waals surface area contributed by atoms with Crippen LogP contribution in [0.15, 0.2) is 42.5 Å². The van der Waals surface area contributed by atoms with Crippen molar-refractivity contribution in [1.82, 2.24) is 0 Å². The Morgan fingerprint density at radius 3 is 2.11 bits per heavy atom. The summed E-state index contributed by atoms with van der Waals surface area (Å²) in [5, 5.41) is 0.145. The molecule has 0 saturated carbocycles. The van der Waals surface area contributed by atoms with E-state index in [1.54, 1.807) is 18.2 Å². The highest BCUT2D eigenvalue weighted by Crippen LogP contribution is 2.33. The number of unbranched alkanes of at least 4 members (excludes halogenated alkanes) is 2. The third kappa shape index (κ3) is 4.02. The fraction of sp³-hybridized carbons (Fsp3) is 0.333. The molecule has 0 amide bonds. The van der Waals surface area contributed by atoms with Gasteiger partial charge in [-0.15, -0.1) is 0 Å². The molecule has 142 valence electrons. The lowest BCUT2D eigenvalue weighted by atomic mass is 9.96. The molecular formula is C24H25F3. The molecule has 3 heteroatoms. The van der Waals surface area contributed by atoms with Crippen LogP contribution in [0.25, 0.3) is 21.9 Å². The molecule has 3 aromatic carbocycles. The van der Waals surface area contributed by atoms with Crippen molar-refractivity contribution >= 4 is 10.8 Å². The molecule has 0 aliphatic rings. The van der Waals surface area contributed by atoms with Crippen LogP contribution in [0, 0.1) is 17.5 Å². The fourth-order valence-electron chi connectivity index (χ4n) is 3.55. The first-order valence-electron chi connectivity index (χ1n) is 9.75. The second kappa shape index (κ2) is 8.60. The highest BCUT2D eigenvalue weighted by Gasteiger charge is 2.19. The summed E-state index contributed by atoms with van der Waals surface area (Å²) in [5.74, 6) is -2.71. The van der Waals surface area contributed by atoms with Gasteiger partial charge in [0.15, 0.2) is 11.6 Å². The molecule has 0 saturated heterocycles. The topological polar surface area (TPSA) is 0 Å². The third-order valence-electron chi connectivity index (χ3n) is 5.05. The molecule has 0 unspecified atom stereocenters. The van der Waals surface area contributed by atoms with Crippen molar-refractivity contribution < 1.29 is 13.2 Å². The molecule has 0 radical (unpaired) electrons. The molecule has 0 spiro atoms. The Morgan fingerprint density at radius 2 is 1.44 bits per heavy atom. The van der Waals surface area contributed by atoms with Gasteiger partial charge in [-0.3, -0.25) is 0 Å². The lowest BCUT2D eigenvalue weighted by molar-refractivity contribution is 0.500. The molecule has 27 heavy (non-hydrogen) atoms. The van der Waals surface area contributed by atoms with Gasteiger partial charge < -0.3 is 0 Å². The summed E-state index contributed by atoms with van der Waals surface area (Å²) >= 11 is 0. The summed E-state index contributed by atoms with van der Waals surface area (Å²) in [6.07, 6.45) is 5.22. The average Bonchev–Trinajstić information content (AvgIpc) is 2.67. The van der Waals surface area contributed by atoms with Gasteiger partial charge in [-0.1, -0.05) is 69.5 Å². The number of fused-ring (bicyclic) bond motifs is 1. The third-order valence-corrected chi connectivity index (χ3v) is 5.05. The van der Waals surface area contributed by atoms with Crippen molar-refractivity contribution in [3.8, 4) is 11.1 Å². The zero-order chi connectivity index (χ0) is 19.4. The fourth-order valence-corrected chi connectivity index (χ4v) is 3.55. The zero-order valence-electron chi connectivity index (χ0n) is 15.9. The van der Waals surface area contributed by atoms with Gasteiger partial charge in [0.2, 0.25) is 0 Å². The molecule has 0 nitrogen and oxygen atoms in total. The van der Waals surface area contributed by atoms with Crippen LogP contribution in [0.4, 0.5) is 13.2 Å². The normalized spacial score (nSPS) is 11.3. The van der Waals surface area contributed by atoms with E-state index in [1.807, 2.05) is 24.3 Å². The summed E-state index contributed by atoms with van der Waals surface area (Å²) in [6, 6.07) is 12.5. The predicted octanol–water partition coefficient (Wildman–Crippen LogP) is 7.61. The monoisotopic (exact) mass is 370 g/mol. The molecule has 0 N–H and O–H groups in total. The number of benzene rings is 3. The van der Waals surface area contributed by atoms with E-state index in [0.29, 0.717) is 28.5 Å². The van der Waals surface area contributed by atoms with E-state index >= 15 is 4.39 Å². The van der Waals surface area contributed by atoms with Crippen molar-refractivity contribution in [2.24, 2.45) is 0 Å². The van der Waals surface area contributed by atoms with E-state index in [0.717, 1.165) is 32.1 Å². The van der Waals surface area contributed by atoms with Crippen LogP contribution < -0.4 is 0 Å². The summed E-state index contributed by atoms with van der Waals surface area (Å²) in [7, 11) is 0. The van der Waals surface area contributed by atoms with E-state index < -0.39 is 17.5 Å². The van der Waals surface area contributed by atoms with E-state index in [9.17, 15) is 8.78 Å². The van der Waals surface area contributed by atoms with Crippen molar-refractivity contribution in [2.45, 2.75) is 52.4 Å². The van der Waals surface area contributed by atoms with Gasteiger partial charge in [-0.05, 0) is 47.4 Å². The number of hydrogen-bond donors (Lipinski definition) is 0. The predicted molar refractivity (Wildman–Crippen MR) is 106 cm³/mol. The Bertz CT molecular complexity index is 927. The van der Waals surface area contributed by atoms with Crippen LogP contribution in [-0.2, 0) is 12.8 Å². The number of halogens is 3. The number of aryl methyl sites for hydroxylation is 2. The molecule has 3 aromatic rings. The minimum Gasteiger partial charge on any atom is -0.206 e. The quantitative estimate of drug-likeness (QED) is 0.375. The van der Waals surface area contributed by atoms with Crippen molar-refractivity contribution in [3.63, 3.8) is 0 Å². The van der Waals surface area contributed by atoms with Gasteiger partial charge in [0.25, 0.3) is 0 Å². The molecular weight excluding hydrogens is 345 g/mol. The molecule has 0 aliphatic carbocycles. The van der Waals surface area contributed by atoms with Crippen LogP contribution in [0.3, 0.4) is 0 Å². The second-order valence-corrected chi connectivity index (χ2v) is 7.09. The summed E-state index contributed by atoms with van der Waals surface area (Å²) in [4.78, 5) is 0. The van der Waals surface area contributed by atoms with Gasteiger partial charge in [0, 0.05) is 5.56 Å². The minimum atomic E-state index is -1.08. The maximum Gasteiger partial charge on any atom is 0.169 e. The maximum absolute atomic E-state index is 15.1. The Hall–Kier alpha value is -2.29. The lowest BCUT2D eigenvalue weighted by Gasteiger charge is -2.12. The Labute approximate surface area is 159 Å². The number of hydrogen-bond acceptors (Lipinski definition) is 0. The smallest absolute Gasteiger partial charge is 0.169 e. The highest BCUT2D eigenvalue weighted by molar-refractivity contribution is 5.89. The van der Waals surface area contributed by atoms with Crippen LogP contribution in [0.1, 0.15) is 50.7 Å². The van der Waals surface area contributed by atoms with Crippen LogP contribution in [-0.4, -0.2) is 0 Å². The summed E-state index contributed by atoms with van der Waals surface area (Å²) < 4.78 is 44.2. The highest BCUT2D eigenvalue weighted by atomic mass is 19.2. The molecule has 0 fully saturated rings. The molecule has 0 heterocycles. The standard InChI is InChI=1S/C24H25F3/c1-3-5-6-8-19-15-18-13-14-20(23(26)21(18)24(27)22(19)25)17-11-9-16(7-4-2)10-12-17/h9-15H,3-8H2,1-2H3. The zero-order valence-corrected chi connectivity index (χ0v) is 15.9. The van der Waals surface area contributed by atoms with Crippen molar-refractivity contribution in [3.05, 3.63) is 71.0 Å². The molecule has 0 bridgehead atoms. The first-order chi connectivity index (χ1) is 13.1. The molecule has 0 aromatic heterocycles. The van der Waals surface area contributed by atoms with Crippen LogP contribution in [0.5, 0.6) is 0 Å². The SMILES string of the molecule is CCCCCc1cc2ccc(-c3ccc(CCC)cc3)c(F)c2c(F)c1F. The Morgan fingerprint density at radius 1 is 0.704 bits per heavy atom. The van der Waals surface area contributed by atoms with Gasteiger partial charge in [0.05, 0.1) is 5.39 Å². The minimum absolute atomic E-state index is 0.262. The van der Waals surface area contributed by atoms with Crippen LogP contribution >= 0.6 is 0 Å². The van der Waals surface area contributed by atoms with E-state index in [1.165, 1.54) is 5.56 Å². The molecule has 0 atom stereocenters. The van der Waals surface area contributed by atoms with Crippen molar-refractivity contribution in [1.29, 1.82) is 0 Å². The van der Waals surface area contributed by atoms with E-state index in [-0.39, 0.29) is 5.39 Å². The largest absolute Gasteiger partial charge is 0.206 e. The van der Waals surface area contributed by atoms with Crippen molar-refractivity contribution in [2.75, 3.05) is 0 Å². The summed E-state index contributed by atoms with van der Waals surface area (Å²) in [5.41, 5.74) is 2.46. The summed E-state index contributed by atoms with van der Waals surface area (Å²) in [6.45, 7) is 4.16. The molecule has 0 aliphatic heterocycles. The first-order valence-corrected chi connectivity index (χ1v) is 9.75. The molecule has 3 rings (SSSR count). The van der Waals surface area contributed by atoms with Gasteiger partial charge in [-0.2, -0.15) is 0 Å². The second-order valence-electron chi connectivity index (χ2n) is 7.09. The van der Waals surface area contributed by atoms with E-state index in [4.69, 9.17) is 0 Å². The number of rotatable bonds is 7. The van der Waals surface area contributed by atoms with Gasteiger partial charge in [0.1, 0.15) is 5.82 Å². The van der Waals surface area contributed by atoms with Gasteiger partial charge >= 0.3 is 0 Å². The Kier molecular flexibility index (Phi) is 6.20. The average molecular weight is 370 g/mol.